The summed E-state index contributed by atoms with van der Waals surface area (Å²) in [5.74, 6) is 0.304. The number of hydrogen-bond acceptors (Lipinski definition) is 0. The molecule has 2 aliphatic carbocycles. The van der Waals surface area contributed by atoms with Crippen LogP contribution in [0.4, 0.5) is 0 Å². The summed E-state index contributed by atoms with van der Waals surface area (Å²) in [6, 6.07) is 34.4. The first kappa shape index (κ1) is 30.5. The Balaban J connectivity index is 0.000000727. The van der Waals surface area contributed by atoms with Crippen LogP contribution in [0, 0.1) is 6.07 Å². The number of allylic oxidation sites excluding steroid dienone is 1. The molecule has 0 N–H and O–H groups in total. The van der Waals surface area contributed by atoms with Gasteiger partial charge in [0.1, 0.15) is 0 Å². The van der Waals surface area contributed by atoms with E-state index in [0.717, 1.165) is 22.4 Å². The summed E-state index contributed by atoms with van der Waals surface area (Å²) in [7, 11) is 0.750. The van der Waals surface area contributed by atoms with Crippen LogP contribution in [0.3, 0.4) is 0 Å². The summed E-state index contributed by atoms with van der Waals surface area (Å²) >= 11 is 0. The minimum atomic E-state index is 0. The summed E-state index contributed by atoms with van der Waals surface area (Å²) < 4.78 is 0. The number of halogens is 2. The molecule has 6 rings (SSSR count). The van der Waals surface area contributed by atoms with Gasteiger partial charge in [-0.2, -0.15) is 18.2 Å². The molecule has 2 aliphatic rings. The fraction of sp³-hybridized carbons (Fsp3) is 0.188. The van der Waals surface area contributed by atoms with E-state index < -0.39 is 0 Å². The van der Waals surface area contributed by atoms with Crippen LogP contribution in [0.2, 0.25) is 13.1 Å². The Kier molecular flexibility index (Phi) is 11.6. The van der Waals surface area contributed by atoms with E-state index in [1.54, 1.807) is 0 Å². The molecule has 0 nitrogen and oxygen atoms in total. The Morgan fingerprint density at radius 2 is 1.47 bits per heavy atom. The summed E-state index contributed by atoms with van der Waals surface area (Å²) in [4.78, 5) is 0. The van der Waals surface area contributed by atoms with Gasteiger partial charge < -0.3 is 24.8 Å². The molecule has 4 aromatic carbocycles. The van der Waals surface area contributed by atoms with Gasteiger partial charge in [0.05, 0.1) is 0 Å². The molecule has 4 heteroatoms. The van der Waals surface area contributed by atoms with Gasteiger partial charge in [0.2, 0.25) is 0 Å². The summed E-state index contributed by atoms with van der Waals surface area (Å²) in [6.07, 6.45) is 4.51. The van der Waals surface area contributed by atoms with Gasteiger partial charge >= 0.3 is 26.2 Å². The predicted octanol–water partition coefficient (Wildman–Crippen LogP) is 2.19. The minimum Gasteiger partial charge on any atom is -1.00 e. The maximum atomic E-state index is 3.67. The quantitative estimate of drug-likeness (QED) is 0.219. The monoisotopic (exact) mass is 602 g/mol. The van der Waals surface area contributed by atoms with Gasteiger partial charge in [0.15, 0.2) is 0 Å². The van der Waals surface area contributed by atoms with Crippen LogP contribution < -0.4 is 24.8 Å². The van der Waals surface area contributed by atoms with E-state index in [0.29, 0.717) is 5.92 Å². The van der Waals surface area contributed by atoms with E-state index in [1.165, 1.54) is 55.6 Å². The van der Waals surface area contributed by atoms with Crippen molar-refractivity contribution in [2.45, 2.75) is 38.8 Å². The molecule has 0 amide bonds. The van der Waals surface area contributed by atoms with Crippen molar-refractivity contribution in [3.8, 4) is 22.3 Å². The standard InChI is InChI=1S/C30H23.C2H7Si.2ClH.Zr/c1-2-20-18-28-23(21-10-4-3-5-11-21)14-8-16-26(28)30(20)27-17-9-15-25-24-13-7-6-12-22(24)19-29(25)27;1-3-2;;;/h3-16,18,30H,2,19H2,1H3;3H,1-2H3;2*1H;/q-1;;;;+3/p-2. The first-order valence-corrected chi connectivity index (χ1v) is 14.3. The average molecular weight is 605 g/mol. The molecule has 0 aliphatic heterocycles. The molecule has 180 valence electrons. The Morgan fingerprint density at radius 1 is 0.806 bits per heavy atom. The summed E-state index contributed by atoms with van der Waals surface area (Å²) in [5.41, 5.74) is 14.0. The number of benzene rings is 4. The van der Waals surface area contributed by atoms with E-state index in [-0.39, 0.29) is 51.0 Å². The summed E-state index contributed by atoms with van der Waals surface area (Å²) in [5, 5.41) is 0. The van der Waals surface area contributed by atoms with Gasteiger partial charge in [-0.3, -0.25) is 0 Å². The first-order valence-electron chi connectivity index (χ1n) is 12.0. The van der Waals surface area contributed by atoms with Crippen LogP contribution in [0.5, 0.6) is 0 Å². The van der Waals surface area contributed by atoms with Gasteiger partial charge in [-0.1, -0.05) is 104 Å². The van der Waals surface area contributed by atoms with Crippen LogP contribution in [0.1, 0.15) is 47.1 Å². The van der Waals surface area contributed by atoms with Gasteiger partial charge in [0.25, 0.3) is 0 Å². The third-order valence-electron chi connectivity index (χ3n) is 6.75. The maximum Gasteiger partial charge on any atom is 3.00 e. The van der Waals surface area contributed by atoms with Gasteiger partial charge in [-0.05, 0) is 46.2 Å². The van der Waals surface area contributed by atoms with Gasteiger partial charge in [-0.15, -0.1) is 16.7 Å². The topological polar surface area (TPSA) is 0 Å². The fourth-order valence-electron chi connectivity index (χ4n) is 5.36. The third-order valence-corrected chi connectivity index (χ3v) is 6.75. The molecule has 36 heavy (non-hydrogen) atoms. The van der Waals surface area contributed by atoms with E-state index in [4.69, 9.17) is 0 Å². The number of fused-ring (bicyclic) bond motifs is 4. The second-order valence-electron chi connectivity index (χ2n) is 8.88. The van der Waals surface area contributed by atoms with Crippen molar-refractivity contribution in [2.24, 2.45) is 0 Å². The molecule has 0 saturated carbocycles. The normalized spacial score (nSPS) is 13.9. The number of rotatable bonds is 3. The molecule has 4 aromatic rings. The zero-order valence-electron chi connectivity index (χ0n) is 21.0. The van der Waals surface area contributed by atoms with Crippen molar-refractivity contribution in [3.63, 3.8) is 0 Å². The van der Waals surface area contributed by atoms with Gasteiger partial charge in [0, 0.05) is 15.4 Å². The number of hydrogen-bond donors (Lipinski definition) is 0. The Hall–Kier alpha value is -1.70. The van der Waals surface area contributed by atoms with Crippen LogP contribution in [0.15, 0.2) is 90.5 Å². The molecular weight excluding hydrogens is 575 g/mol. The van der Waals surface area contributed by atoms with Crippen molar-refractivity contribution in [1.82, 2.24) is 0 Å². The molecular formula is C32H30Cl2SiZr. The fourth-order valence-corrected chi connectivity index (χ4v) is 5.36. The molecule has 2 radical (unpaired) electrons. The minimum absolute atomic E-state index is 0. The zero-order valence-corrected chi connectivity index (χ0v) is 26.1. The zero-order chi connectivity index (χ0) is 22.8. The second kappa shape index (κ2) is 13.7. The van der Waals surface area contributed by atoms with Gasteiger partial charge in [-0.25, -0.2) is 0 Å². The van der Waals surface area contributed by atoms with E-state index >= 15 is 0 Å². The van der Waals surface area contributed by atoms with Crippen LogP contribution in [0.25, 0.3) is 28.3 Å². The Labute approximate surface area is 250 Å². The average Bonchev–Trinajstić information content (AvgIpc) is 3.43. The molecule has 0 bridgehead atoms. The smallest absolute Gasteiger partial charge is 1.00 e. The molecule has 1 atom stereocenters. The van der Waals surface area contributed by atoms with Crippen molar-refractivity contribution in [2.75, 3.05) is 0 Å². The van der Waals surface area contributed by atoms with E-state index in [2.05, 4.69) is 117 Å². The first-order chi connectivity index (χ1) is 16.3. The van der Waals surface area contributed by atoms with Crippen LogP contribution in [-0.2, 0) is 32.6 Å². The van der Waals surface area contributed by atoms with E-state index in [9.17, 15) is 0 Å². The molecule has 1 unspecified atom stereocenters. The van der Waals surface area contributed by atoms with Crippen molar-refractivity contribution in [3.05, 3.63) is 124 Å². The Morgan fingerprint density at radius 3 is 2.19 bits per heavy atom. The molecule has 0 spiro atoms. The van der Waals surface area contributed by atoms with E-state index in [1.807, 2.05) is 0 Å². The van der Waals surface area contributed by atoms with Crippen LogP contribution >= 0.6 is 0 Å². The van der Waals surface area contributed by atoms with Crippen molar-refractivity contribution < 1.29 is 51.0 Å². The molecule has 0 heterocycles. The maximum absolute atomic E-state index is 3.67. The molecule has 0 saturated heterocycles. The molecule has 0 aromatic heterocycles. The van der Waals surface area contributed by atoms with Crippen LogP contribution in [-0.4, -0.2) is 9.52 Å². The largest absolute Gasteiger partial charge is 3.00 e. The summed E-state index contributed by atoms with van der Waals surface area (Å²) in [6.45, 7) is 6.70. The second-order valence-corrected chi connectivity index (χ2v) is 10.0. The predicted molar refractivity (Wildman–Crippen MR) is 144 cm³/mol. The third kappa shape index (κ3) is 5.58. The molecule has 0 fully saturated rings. The SMILES string of the molecule is CCC1=Cc2c(-c3ccccc3)cccc2C1c1[c-]ccc2c1Cc1ccccc1-2.C[SiH]C.[Cl-].[Cl-].[Zr+3]. The van der Waals surface area contributed by atoms with Crippen molar-refractivity contribution >= 4 is 15.6 Å². The Bertz CT molecular complexity index is 1330. The van der Waals surface area contributed by atoms with Crippen molar-refractivity contribution in [1.29, 1.82) is 0 Å².